The molecule has 28 heavy (non-hydrogen) atoms. The van der Waals surface area contributed by atoms with Gasteiger partial charge in [-0.05, 0) is 12.1 Å². The van der Waals surface area contributed by atoms with E-state index in [0.717, 1.165) is 10.1 Å². The van der Waals surface area contributed by atoms with Crippen LogP contribution in [0.3, 0.4) is 0 Å². The van der Waals surface area contributed by atoms with E-state index in [1.165, 1.54) is 39.0 Å². The van der Waals surface area contributed by atoms with E-state index in [-0.39, 0.29) is 0 Å². The quantitative estimate of drug-likeness (QED) is 0.651. The molecule has 0 amide bonds. The van der Waals surface area contributed by atoms with Crippen molar-refractivity contribution in [3.63, 3.8) is 0 Å². The van der Waals surface area contributed by atoms with Crippen molar-refractivity contribution >= 4 is 17.5 Å². The molecule has 0 saturated carbocycles. The van der Waals surface area contributed by atoms with Crippen LogP contribution in [0.15, 0.2) is 47.4 Å². The molecule has 0 saturated heterocycles. The summed E-state index contributed by atoms with van der Waals surface area (Å²) in [6.07, 6.45) is 1.50. The van der Waals surface area contributed by atoms with E-state index in [4.69, 9.17) is 25.8 Å². The van der Waals surface area contributed by atoms with Crippen LogP contribution in [0.2, 0.25) is 5.02 Å². The Kier molecular flexibility index (Phi) is 5.46. The lowest BCUT2D eigenvalue weighted by Gasteiger charge is -2.15. The predicted molar refractivity (Wildman–Crippen MR) is 106 cm³/mol. The van der Waals surface area contributed by atoms with Crippen LogP contribution in [0.4, 0.5) is 0 Å². The summed E-state index contributed by atoms with van der Waals surface area (Å²) in [6, 6.07) is 10.3. The van der Waals surface area contributed by atoms with Crippen LogP contribution >= 0.6 is 11.6 Å². The summed E-state index contributed by atoms with van der Waals surface area (Å²) >= 11 is 5.98. The molecule has 146 valence electrons. The van der Waals surface area contributed by atoms with Crippen molar-refractivity contribution in [3.05, 3.63) is 58.1 Å². The molecule has 1 heterocycles. The van der Waals surface area contributed by atoms with E-state index in [2.05, 4.69) is 0 Å². The van der Waals surface area contributed by atoms with E-state index < -0.39 is 11.6 Å². The third-order valence-electron chi connectivity index (χ3n) is 4.28. The maximum Gasteiger partial charge on any atom is 0.340 e. The predicted octanol–water partition coefficient (Wildman–Crippen LogP) is 3.65. The molecular formula is C20H19ClN2O5. The van der Waals surface area contributed by atoms with Crippen molar-refractivity contribution in [3.8, 4) is 34.2 Å². The highest BCUT2D eigenvalue weighted by molar-refractivity contribution is 6.30. The molecule has 0 radical (unpaired) electrons. The first-order valence-corrected chi connectivity index (χ1v) is 8.70. The zero-order valence-corrected chi connectivity index (χ0v) is 16.6. The van der Waals surface area contributed by atoms with Gasteiger partial charge < -0.3 is 14.2 Å². The lowest BCUT2D eigenvalue weighted by atomic mass is 10.1. The first-order valence-electron chi connectivity index (χ1n) is 8.33. The summed E-state index contributed by atoms with van der Waals surface area (Å²) in [5, 5.41) is 0.566. The van der Waals surface area contributed by atoms with Crippen molar-refractivity contribution in [2.45, 2.75) is 6.92 Å². The minimum atomic E-state index is -0.508. The number of ether oxygens (including phenoxy) is 3. The van der Waals surface area contributed by atoms with E-state index in [1.54, 1.807) is 36.4 Å². The molecule has 0 N–H and O–H groups in total. The van der Waals surface area contributed by atoms with Crippen LogP contribution in [-0.2, 0) is 0 Å². The third kappa shape index (κ3) is 3.36. The number of carbonyl (C=O) groups is 1. The van der Waals surface area contributed by atoms with Gasteiger partial charge in [0.15, 0.2) is 11.5 Å². The highest BCUT2D eigenvalue weighted by Crippen LogP contribution is 2.39. The molecule has 0 unspecified atom stereocenters. The van der Waals surface area contributed by atoms with E-state index in [0.29, 0.717) is 33.7 Å². The monoisotopic (exact) mass is 402 g/mol. The van der Waals surface area contributed by atoms with Gasteiger partial charge in [-0.15, -0.1) is 0 Å². The van der Waals surface area contributed by atoms with Crippen molar-refractivity contribution in [2.75, 3.05) is 21.3 Å². The molecule has 0 aliphatic carbocycles. The van der Waals surface area contributed by atoms with Gasteiger partial charge in [0.05, 0.1) is 32.7 Å². The topological polar surface area (TPSA) is 71.7 Å². The molecule has 8 heteroatoms. The number of nitrogens with zero attached hydrogens (tertiary/aromatic N) is 2. The Morgan fingerprint density at radius 1 is 0.964 bits per heavy atom. The number of imidazole rings is 1. The van der Waals surface area contributed by atoms with Crippen LogP contribution in [0.25, 0.3) is 16.9 Å². The van der Waals surface area contributed by atoms with Crippen LogP contribution < -0.4 is 19.9 Å². The number of hydrogen-bond donors (Lipinski definition) is 0. The molecule has 3 rings (SSSR count). The average molecular weight is 403 g/mol. The van der Waals surface area contributed by atoms with Gasteiger partial charge in [0.1, 0.15) is 0 Å². The fraction of sp³-hybridized carbons (Fsp3) is 0.200. The molecule has 7 nitrogen and oxygen atoms in total. The van der Waals surface area contributed by atoms with Gasteiger partial charge in [-0.3, -0.25) is 9.36 Å². The number of hydrogen-bond acceptors (Lipinski definition) is 5. The van der Waals surface area contributed by atoms with E-state index >= 15 is 0 Å². The van der Waals surface area contributed by atoms with E-state index in [1.807, 2.05) is 0 Å². The van der Waals surface area contributed by atoms with Gasteiger partial charge in [-0.1, -0.05) is 23.7 Å². The number of carbonyl (C=O) groups excluding carboxylic acids is 1. The Hall–Kier alpha value is -3.19. The minimum Gasteiger partial charge on any atom is -0.493 e. The van der Waals surface area contributed by atoms with Gasteiger partial charge in [-0.25, -0.2) is 9.36 Å². The van der Waals surface area contributed by atoms with Gasteiger partial charge in [0, 0.05) is 35.8 Å². The molecule has 2 aromatic carbocycles. The van der Waals surface area contributed by atoms with Crippen LogP contribution in [0.1, 0.15) is 11.7 Å². The molecule has 3 aromatic rings. The van der Waals surface area contributed by atoms with Crippen molar-refractivity contribution in [1.29, 1.82) is 0 Å². The minimum absolute atomic E-state index is 0.390. The Bertz CT molecular complexity index is 1060. The number of aromatic nitrogens is 2. The third-order valence-corrected chi connectivity index (χ3v) is 4.53. The summed E-state index contributed by atoms with van der Waals surface area (Å²) < 4.78 is 18.6. The molecule has 0 fully saturated rings. The summed E-state index contributed by atoms with van der Waals surface area (Å²) in [6.45, 7) is 1.33. The van der Waals surface area contributed by atoms with Crippen molar-refractivity contribution in [2.24, 2.45) is 0 Å². The molecule has 0 aliphatic heterocycles. The fourth-order valence-corrected chi connectivity index (χ4v) is 3.07. The van der Waals surface area contributed by atoms with Gasteiger partial charge >= 0.3 is 5.69 Å². The normalized spacial score (nSPS) is 10.6. The molecule has 0 spiro atoms. The SMILES string of the molecule is COc1cc(-n2c(-c3ccc(Cl)cc3)cn(C(C)=O)c2=O)cc(OC)c1OC. The summed E-state index contributed by atoms with van der Waals surface area (Å²) in [5.74, 6) is 0.787. The maximum atomic E-state index is 13.0. The zero-order valence-electron chi connectivity index (χ0n) is 15.9. The fourth-order valence-electron chi connectivity index (χ4n) is 2.94. The van der Waals surface area contributed by atoms with Crippen molar-refractivity contribution in [1.82, 2.24) is 9.13 Å². The largest absolute Gasteiger partial charge is 0.493 e. The number of halogens is 1. The van der Waals surface area contributed by atoms with Gasteiger partial charge in [0.2, 0.25) is 11.7 Å². The second kappa shape index (κ2) is 7.82. The summed E-state index contributed by atoms with van der Waals surface area (Å²) in [5.41, 5.74) is 1.19. The standard InChI is InChI=1S/C20H19ClN2O5/c1-12(24)22-11-16(13-5-7-14(21)8-6-13)23(20(22)25)15-9-17(26-2)19(28-4)18(10-15)27-3/h5-11H,1-4H3. The number of methoxy groups -OCH3 is 3. The summed E-state index contributed by atoms with van der Waals surface area (Å²) in [4.78, 5) is 24.9. The molecule has 0 aliphatic rings. The lowest BCUT2D eigenvalue weighted by molar-refractivity contribution is 0.0932. The average Bonchev–Trinajstić information content (AvgIpc) is 3.04. The van der Waals surface area contributed by atoms with Crippen LogP contribution in [0, 0.1) is 0 Å². The molecule has 0 bridgehead atoms. The molecular weight excluding hydrogens is 384 g/mol. The number of benzene rings is 2. The Morgan fingerprint density at radius 2 is 1.54 bits per heavy atom. The molecule has 1 aromatic heterocycles. The highest BCUT2D eigenvalue weighted by Gasteiger charge is 2.20. The first kappa shape index (κ1) is 19.6. The maximum absolute atomic E-state index is 13.0. The van der Waals surface area contributed by atoms with Crippen molar-refractivity contribution < 1.29 is 19.0 Å². The van der Waals surface area contributed by atoms with Gasteiger partial charge in [0.25, 0.3) is 0 Å². The van der Waals surface area contributed by atoms with Gasteiger partial charge in [-0.2, -0.15) is 0 Å². The Labute approximate surface area is 166 Å². The second-order valence-corrected chi connectivity index (χ2v) is 6.35. The zero-order chi connectivity index (χ0) is 20.4. The smallest absolute Gasteiger partial charge is 0.340 e. The van der Waals surface area contributed by atoms with E-state index in [9.17, 15) is 9.59 Å². The molecule has 0 atom stereocenters. The summed E-state index contributed by atoms with van der Waals surface area (Å²) in [7, 11) is 4.48. The Morgan fingerprint density at radius 3 is 2.00 bits per heavy atom. The number of rotatable bonds is 5. The highest BCUT2D eigenvalue weighted by atomic mass is 35.5. The lowest BCUT2D eigenvalue weighted by Crippen LogP contribution is -2.26. The first-order chi connectivity index (χ1) is 13.4. The van der Waals surface area contributed by atoms with Crippen LogP contribution in [0.5, 0.6) is 17.2 Å². The Balaban J connectivity index is 2.34. The second-order valence-electron chi connectivity index (χ2n) is 5.91. The van der Waals surface area contributed by atoms with Crippen LogP contribution in [-0.4, -0.2) is 36.4 Å².